The van der Waals surface area contributed by atoms with E-state index in [4.69, 9.17) is 30.3 Å². The Morgan fingerprint density at radius 2 is 2.03 bits per heavy atom. The molecule has 150 valence electrons. The Labute approximate surface area is 170 Å². The van der Waals surface area contributed by atoms with Gasteiger partial charge in [-0.15, -0.1) is 0 Å². The number of rotatable bonds is 6. The summed E-state index contributed by atoms with van der Waals surface area (Å²) in [5.74, 6) is 2.29. The SMILES string of the molecule is COc1ccc(-c2noc(CNc3cc4c(cc3Cl)NC(=O)CO4)n2)cc1OC. The zero-order valence-electron chi connectivity index (χ0n) is 15.6. The van der Waals surface area contributed by atoms with Crippen LogP contribution in [0.25, 0.3) is 11.4 Å². The molecule has 0 radical (unpaired) electrons. The number of amides is 1. The van der Waals surface area contributed by atoms with Gasteiger partial charge in [-0.1, -0.05) is 16.8 Å². The zero-order valence-corrected chi connectivity index (χ0v) is 16.4. The molecule has 0 aliphatic carbocycles. The predicted molar refractivity (Wildman–Crippen MR) is 106 cm³/mol. The molecule has 0 bridgehead atoms. The number of benzene rings is 2. The van der Waals surface area contributed by atoms with Gasteiger partial charge in [0.05, 0.1) is 37.2 Å². The summed E-state index contributed by atoms with van der Waals surface area (Å²) >= 11 is 6.28. The Hall–Kier alpha value is -3.46. The molecule has 0 unspecified atom stereocenters. The second kappa shape index (κ2) is 7.88. The van der Waals surface area contributed by atoms with Crippen molar-refractivity contribution in [1.29, 1.82) is 0 Å². The molecule has 1 aliphatic heterocycles. The average molecular weight is 417 g/mol. The molecule has 1 aromatic heterocycles. The number of carbonyl (C=O) groups excluding carboxylic acids is 1. The van der Waals surface area contributed by atoms with E-state index in [9.17, 15) is 4.79 Å². The molecular formula is C19H17ClN4O5. The molecule has 3 aromatic rings. The van der Waals surface area contributed by atoms with Gasteiger partial charge < -0.3 is 29.4 Å². The van der Waals surface area contributed by atoms with Crippen LogP contribution >= 0.6 is 11.6 Å². The Balaban J connectivity index is 1.48. The van der Waals surface area contributed by atoms with E-state index in [2.05, 4.69) is 20.8 Å². The average Bonchev–Trinajstić information content (AvgIpc) is 3.20. The Kier molecular flexibility index (Phi) is 5.13. The van der Waals surface area contributed by atoms with Gasteiger partial charge in [-0.05, 0) is 24.3 Å². The molecule has 10 heteroatoms. The number of aromatic nitrogens is 2. The molecular weight excluding hydrogens is 400 g/mol. The van der Waals surface area contributed by atoms with Crippen LogP contribution in [0.4, 0.5) is 11.4 Å². The van der Waals surface area contributed by atoms with Crippen molar-refractivity contribution in [2.24, 2.45) is 0 Å². The molecule has 0 spiro atoms. The highest BCUT2D eigenvalue weighted by Crippen LogP contribution is 2.36. The summed E-state index contributed by atoms with van der Waals surface area (Å²) in [4.78, 5) is 15.8. The highest BCUT2D eigenvalue weighted by atomic mass is 35.5. The number of hydrogen-bond acceptors (Lipinski definition) is 8. The summed E-state index contributed by atoms with van der Waals surface area (Å²) in [5.41, 5.74) is 1.88. The van der Waals surface area contributed by atoms with E-state index in [1.54, 1.807) is 38.5 Å². The number of ether oxygens (including phenoxy) is 3. The standard InChI is InChI=1S/C19H17ClN4O5/c1-26-14-4-3-10(5-16(14)27-2)19-23-18(29-24-19)8-21-12-7-15-13(6-11(12)20)22-17(25)9-28-15/h3-7,21H,8-9H2,1-2H3,(H,22,25). The minimum absolute atomic E-state index is 0.0353. The number of halogens is 1. The monoisotopic (exact) mass is 416 g/mol. The van der Waals surface area contributed by atoms with Crippen molar-refractivity contribution in [3.05, 3.63) is 41.2 Å². The van der Waals surface area contributed by atoms with Crippen molar-refractivity contribution in [3.63, 3.8) is 0 Å². The maximum atomic E-state index is 11.4. The quantitative estimate of drug-likeness (QED) is 0.629. The van der Waals surface area contributed by atoms with E-state index in [-0.39, 0.29) is 19.1 Å². The van der Waals surface area contributed by atoms with Crippen LogP contribution in [0.15, 0.2) is 34.9 Å². The van der Waals surface area contributed by atoms with Gasteiger partial charge in [0.25, 0.3) is 5.91 Å². The molecule has 4 rings (SSSR count). The number of anilines is 2. The molecule has 2 aromatic carbocycles. The van der Waals surface area contributed by atoms with Crippen LogP contribution in [-0.4, -0.2) is 36.9 Å². The maximum Gasteiger partial charge on any atom is 0.262 e. The highest BCUT2D eigenvalue weighted by Gasteiger charge is 2.19. The summed E-state index contributed by atoms with van der Waals surface area (Å²) < 4.78 is 21.2. The Bertz CT molecular complexity index is 1070. The fraction of sp³-hybridized carbons (Fsp3) is 0.211. The van der Waals surface area contributed by atoms with Crippen LogP contribution < -0.4 is 24.8 Å². The molecule has 2 heterocycles. The van der Waals surface area contributed by atoms with E-state index in [1.165, 1.54) is 0 Å². The van der Waals surface area contributed by atoms with Crippen molar-refractivity contribution in [2.75, 3.05) is 31.5 Å². The van der Waals surface area contributed by atoms with Gasteiger partial charge in [0.2, 0.25) is 11.7 Å². The van der Waals surface area contributed by atoms with E-state index in [0.29, 0.717) is 45.4 Å². The molecule has 9 nitrogen and oxygen atoms in total. The van der Waals surface area contributed by atoms with Crippen LogP contribution in [0.1, 0.15) is 5.89 Å². The smallest absolute Gasteiger partial charge is 0.262 e. The number of nitrogens with zero attached hydrogens (tertiary/aromatic N) is 2. The third-order valence-corrected chi connectivity index (χ3v) is 4.55. The van der Waals surface area contributed by atoms with Crippen LogP contribution in [0.5, 0.6) is 17.2 Å². The lowest BCUT2D eigenvalue weighted by atomic mass is 10.2. The number of nitrogens with one attached hydrogen (secondary N) is 2. The van der Waals surface area contributed by atoms with Crippen LogP contribution in [-0.2, 0) is 11.3 Å². The van der Waals surface area contributed by atoms with Gasteiger partial charge in [0.1, 0.15) is 5.75 Å². The molecule has 2 N–H and O–H groups in total. The van der Waals surface area contributed by atoms with Crippen molar-refractivity contribution < 1.29 is 23.5 Å². The molecule has 0 fully saturated rings. The van der Waals surface area contributed by atoms with Crippen LogP contribution in [0.2, 0.25) is 5.02 Å². The minimum atomic E-state index is -0.220. The first-order chi connectivity index (χ1) is 14.1. The lowest BCUT2D eigenvalue weighted by Gasteiger charge is -2.19. The van der Waals surface area contributed by atoms with Crippen molar-refractivity contribution in [1.82, 2.24) is 10.1 Å². The van der Waals surface area contributed by atoms with Crippen molar-refractivity contribution >= 4 is 28.9 Å². The van der Waals surface area contributed by atoms with Crippen molar-refractivity contribution in [3.8, 4) is 28.6 Å². The first-order valence-electron chi connectivity index (χ1n) is 8.62. The number of hydrogen-bond donors (Lipinski definition) is 2. The van der Waals surface area contributed by atoms with E-state index >= 15 is 0 Å². The van der Waals surface area contributed by atoms with E-state index < -0.39 is 0 Å². The summed E-state index contributed by atoms with van der Waals surface area (Å²) in [6.45, 7) is 0.220. The fourth-order valence-corrected chi connectivity index (χ4v) is 3.06. The predicted octanol–water partition coefficient (Wildman–Crippen LogP) is 3.35. The third-order valence-electron chi connectivity index (χ3n) is 4.24. The molecule has 0 atom stereocenters. The second-order valence-electron chi connectivity index (χ2n) is 6.10. The zero-order chi connectivity index (χ0) is 20.4. The lowest BCUT2D eigenvalue weighted by Crippen LogP contribution is -2.25. The molecule has 0 saturated carbocycles. The third kappa shape index (κ3) is 3.90. The van der Waals surface area contributed by atoms with Gasteiger partial charge in [-0.2, -0.15) is 4.98 Å². The molecule has 29 heavy (non-hydrogen) atoms. The van der Waals surface area contributed by atoms with E-state index in [0.717, 1.165) is 5.56 Å². The highest BCUT2D eigenvalue weighted by molar-refractivity contribution is 6.33. The van der Waals surface area contributed by atoms with E-state index in [1.807, 2.05) is 6.07 Å². The minimum Gasteiger partial charge on any atom is -0.493 e. The summed E-state index contributed by atoms with van der Waals surface area (Å²) in [6, 6.07) is 8.69. The van der Waals surface area contributed by atoms with Crippen LogP contribution in [0.3, 0.4) is 0 Å². The maximum absolute atomic E-state index is 11.4. The summed E-state index contributed by atoms with van der Waals surface area (Å²) in [7, 11) is 3.13. The largest absolute Gasteiger partial charge is 0.493 e. The number of fused-ring (bicyclic) bond motifs is 1. The molecule has 1 amide bonds. The first kappa shape index (κ1) is 18.9. The fourth-order valence-electron chi connectivity index (χ4n) is 2.83. The van der Waals surface area contributed by atoms with Gasteiger partial charge in [-0.3, -0.25) is 4.79 Å². The van der Waals surface area contributed by atoms with Gasteiger partial charge in [0, 0.05) is 11.6 Å². The summed E-state index contributed by atoms with van der Waals surface area (Å²) in [5, 5.41) is 10.3. The van der Waals surface area contributed by atoms with Gasteiger partial charge in [-0.25, -0.2) is 0 Å². The van der Waals surface area contributed by atoms with Crippen LogP contribution in [0, 0.1) is 0 Å². The Morgan fingerprint density at radius 3 is 2.83 bits per heavy atom. The first-order valence-corrected chi connectivity index (χ1v) is 9.00. The molecule has 0 saturated heterocycles. The normalized spacial score (nSPS) is 12.6. The van der Waals surface area contributed by atoms with Gasteiger partial charge >= 0.3 is 0 Å². The topological polar surface area (TPSA) is 108 Å². The summed E-state index contributed by atoms with van der Waals surface area (Å²) in [6.07, 6.45) is 0. The second-order valence-corrected chi connectivity index (χ2v) is 6.51. The van der Waals surface area contributed by atoms with Crippen molar-refractivity contribution in [2.45, 2.75) is 6.54 Å². The number of carbonyl (C=O) groups is 1. The lowest BCUT2D eigenvalue weighted by molar-refractivity contribution is -0.118. The van der Waals surface area contributed by atoms with Gasteiger partial charge in [0.15, 0.2) is 18.1 Å². The number of methoxy groups -OCH3 is 2. The Morgan fingerprint density at radius 1 is 1.21 bits per heavy atom. The molecule has 1 aliphatic rings.